The molecule has 6 nitrogen and oxygen atoms in total. The third-order valence-electron chi connectivity index (χ3n) is 6.10. The van der Waals surface area contributed by atoms with Crippen molar-refractivity contribution < 1.29 is 19.1 Å². The van der Waals surface area contributed by atoms with Gasteiger partial charge in [0.2, 0.25) is 0 Å². The van der Waals surface area contributed by atoms with Gasteiger partial charge in [-0.15, -0.1) is 0 Å². The van der Waals surface area contributed by atoms with Crippen LogP contribution in [0.4, 0.5) is 0 Å². The zero-order chi connectivity index (χ0) is 23.3. The highest BCUT2D eigenvalue weighted by atomic mass is 16.5. The van der Waals surface area contributed by atoms with E-state index >= 15 is 0 Å². The molecule has 32 heavy (non-hydrogen) atoms. The summed E-state index contributed by atoms with van der Waals surface area (Å²) in [7, 11) is 3.11. The van der Waals surface area contributed by atoms with Crippen LogP contribution in [0.5, 0.6) is 11.5 Å². The van der Waals surface area contributed by atoms with Crippen molar-refractivity contribution in [3.8, 4) is 11.5 Å². The molecule has 0 saturated carbocycles. The monoisotopic (exact) mass is 438 g/mol. The molecule has 0 spiro atoms. The maximum Gasteiger partial charge on any atom is 0.253 e. The van der Waals surface area contributed by atoms with Gasteiger partial charge >= 0.3 is 0 Å². The van der Waals surface area contributed by atoms with Crippen LogP contribution in [0.25, 0.3) is 0 Å². The first-order valence-corrected chi connectivity index (χ1v) is 11.1. The zero-order valence-electron chi connectivity index (χ0n) is 19.7. The first kappa shape index (κ1) is 23.6. The topological polar surface area (TPSA) is 67.9 Å². The summed E-state index contributed by atoms with van der Waals surface area (Å²) in [6.45, 7) is 8.50. The van der Waals surface area contributed by atoms with Crippen LogP contribution < -0.4 is 14.8 Å². The number of hydrogen-bond donors (Lipinski definition) is 1. The van der Waals surface area contributed by atoms with E-state index in [0.717, 1.165) is 18.4 Å². The normalized spacial score (nSPS) is 14.7. The Hall–Kier alpha value is -3.02. The van der Waals surface area contributed by atoms with Gasteiger partial charge in [-0.05, 0) is 60.1 Å². The van der Waals surface area contributed by atoms with E-state index < -0.39 is 0 Å². The highest BCUT2D eigenvalue weighted by Crippen LogP contribution is 2.28. The van der Waals surface area contributed by atoms with Crippen molar-refractivity contribution in [2.45, 2.75) is 39.0 Å². The highest BCUT2D eigenvalue weighted by Gasteiger charge is 2.24. The van der Waals surface area contributed by atoms with E-state index in [0.29, 0.717) is 42.6 Å². The number of carbonyl (C=O) groups excluding carboxylic acids is 2. The van der Waals surface area contributed by atoms with Gasteiger partial charge < -0.3 is 19.7 Å². The Labute approximate surface area is 190 Å². The number of amides is 2. The second kappa shape index (κ2) is 10.1. The molecule has 2 aromatic rings. The van der Waals surface area contributed by atoms with Crippen molar-refractivity contribution >= 4 is 11.8 Å². The predicted molar refractivity (Wildman–Crippen MR) is 126 cm³/mol. The Kier molecular flexibility index (Phi) is 7.44. The highest BCUT2D eigenvalue weighted by molar-refractivity contribution is 5.95. The summed E-state index contributed by atoms with van der Waals surface area (Å²) >= 11 is 0. The molecule has 0 aliphatic carbocycles. The van der Waals surface area contributed by atoms with Crippen molar-refractivity contribution in [2.75, 3.05) is 33.9 Å². The van der Waals surface area contributed by atoms with Gasteiger partial charge in [-0.25, -0.2) is 0 Å². The second-order valence-corrected chi connectivity index (χ2v) is 9.34. The van der Waals surface area contributed by atoms with E-state index in [1.807, 2.05) is 29.2 Å². The molecule has 0 radical (unpaired) electrons. The molecule has 3 rings (SSSR count). The van der Waals surface area contributed by atoms with Gasteiger partial charge in [-0.1, -0.05) is 32.9 Å². The lowest BCUT2D eigenvalue weighted by atomic mass is 9.86. The van der Waals surface area contributed by atoms with Crippen molar-refractivity contribution in [3.05, 3.63) is 59.2 Å². The second-order valence-electron chi connectivity index (χ2n) is 9.34. The number of ether oxygens (including phenoxy) is 2. The van der Waals surface area contributed by atoms with Crippen molar-refractivity contribution in [3.63, 3.8) is 0 Å². The molecule has 1 saturated heterocycles. The van der Waals surface area contributed by atoms with Gasteiger partial charge in [-0.2, -0.15) is 0 Å². The summed E-state index contributed by atoms with van der Waals surface area (Å²) in [5.41, 5.74) is 2.56. The summed E-state index contributed by atoms with van der Waals surface area (Å²) in [6, 6.07) is 13.1. The van der Waals surface area contributed by atoms with Gasteiger partial charge in [0.1, 0.15) is 0 Å². The molecule has 0 unspecified atom stereocenters. The number of carbonyl (C=O) groups is 2. The SMILES string of the molecule is COc1ccc(C(=O)NCC2CCN(C(=O)c3ccc(C(C)(C)C)cc3)CC2)cc1OC. The fourth-order valence-corrected chi connectivity index (χ4v) is 3.95. The van der Waals surface area contributed by atoms with E-state index in [2.05, 4.69) is 26.1 Å². The van der Waals surface area contributed by atoms with E-state index in [9.17, 15) is 9.59 Å². The van der Waals surface area contributed by atoms with Crippen molar-refractivity contribution in [1.82, 2.24) is 10.2 Å². The molecule has 6 heteroatoms. The molecule has 1 heterocycles. The fourth-order valence-electron chi connectivity index (χ4n) is 3.95. The van der Waals surface area contributed by atoms with Crippen molar-refractivity contribution in [1.29, 1.82) is 0 Å². The molecule has 0 bridgehead atoms. The van der Waals surface area contributed by atoms with Crippen LogP contribution in [-0.4, -0.2) is 50.6 Å². The van der Waals surface area contributed by atoms with Crippen LogP contribution in [0.1, 0.15) is 59.9 Å². The third kappa shape index (κ3) is 5.61. The molecule has 0 atom stereocenters. The van der Waals surface area contributed by atoms with E-state index in [4.69, 9.17) is 9.47 Å². The third-order valence-corrected chi connectivity index (χ3v) is 6.10. The van der Waals surface area contributed by atoms with Crippen LogP contribution in [0.3, 0.4) is 0 Å². The Balaban J connectivity index is 1.49. The van der Waals surface area contributed by atoms with Crippen LogP contribution in [-0.2, 0) is 5.41 Å². The van der Waals surface area contributed by atoms with Gasteiger partial charge in [0, 0.05) is 30.8 Å². The van der Waals surface area contributed by atoms with Gasteiger partial charge in [0.25, 0.3) is 11.8 Å². The quantitative estimate of drug-likeness (QED) is 0.731. The molecular formula is C26H34N2O4. The number of rotatable bonds is 6. The number of nitrogens with one attached hydrogen (secondary N) is 1. The van der Waals surface area contributed by atoms with Gasteiger partial charge in [0.05, 0.1) is 14.2 Å². The van der Waals surface area contributed by atoms with E-state index in [1.165, 1.54) is 5.56 Å². The Morgan fingerprint density at radius 2 is 1.53 bits per heavy atom. The molecule has 1 aliphatic heterocycles. The lowest BCUT2D eigenvalue weighted by molar-refractivity contribution is 0.0684. The lowest BCUT2D eigenvalue weighted by Crippen LogP contribution is -2.41. The van der Waals surface area contributed by atoms with Crippen molar-refractivity contribution in [2.24, 2.45) is 5.92 Å². The van der Waals surface area contributed by atoms with Crippen LogP contribution in [0, 0.1) is 5.92 Å². The Morgan fingerprint density at radius 1 is 0.938 bits per heavy atom. The van der Waals surface area contributed by atoms with Crippen LogP contribution in [0.15, 0.2) is 42.5 Å². The minimum atomic E-state index is -0.136. The maximum atomic E-state index is 12.9. The van der Waals surface area contributed by atoms with Crippen LogP contribution in [0.2, 0.25) is 0 Å². The summed E-state index contributed by atoms with van der Waals surface area (Å²) in [6.07, 6.45) is 1.75. The summed E-state index contributed by atoms with van der Waals surface area (Å²) in [5, 5.41) is 3.01. The predicted octanol–water partition coefficient (Wildman–Crippen LogP) is 4.28. The fraction of sp³-hybridized carbons (Fsp3) is 0.462. The van der Waals surface area contributed by atoms with E-state index in [-0.39, 0.29) is 17.2 Å². The Morgan fingerprint density at radius 3 is 2.09 bits per heavy atom. The zero-order valence-corrected chi connectivity index (χ0v) is 19.7. The number of nitrogens with zero attached hydrogens (tertiary/aromatic N) is 1. The minimum absolute atomic E-state index is 0.0707. The summed E-state index contributed by atoms with van der Waals surface area (Å²) in [5.74, 6) is 1.42. The standard InChI is InChI=1S/C26H34N2O4/c1-26(2,3)21-9-6-19(7-10-21)25(30)28-14-12-18(13-15-28)17-27-24(29)20-8-11-22(31-4)23(16-20)32-5/h6-11,16,18H,12-15,17H2,1-5H3,(H,27,29). The minimum Gasteiger partial charge on any atom is -0.493 e. The molecule has 1 aliphatic rings. The first-order valence-electron chi connectivity index (χ1n) is 11.1. The summed E-state index contributed by atoms with van der Waals surface area (Å²) < 4.78 is 10.5. The number of methoxy groups -OCH3 is 2. The number of hydrogen-bond acceptors (Lipinski definition) is 4. The molecule has 0 aromatic heterocycles. The van der Waals surface area contributed by atoms with E-state index in [1.54, 1.807) is 32.4 Å². The lowest BCUT2D eigenvalue weighted by Gasteiger charge is -2.32. The maximum absolute atomic E-state index is 12.9. The average Bonchev–Trinajstić information content (AvgIpc) is 2.81. The van der Waals surface area contributed by atoms with Crippen LogP contribution >= 0.6 is 0 Å². The molecule has 2 aromatic carbocycles. The summed E-state index contributed by atoms with van der Waals surface area (Å²) in [4.78, 5) is 27.3. The average molecular weight is 439 g/mol. The Bertz CT molecular complexity index is 939. The smallest absolute Gasteiger partial charge is 0.253 e. The number of likely N-dealkylation sites (tertiary alicyclic amines) is 1. The van der Waals surface area contributed by atoms with Gasteiger partial charge in [-0.3, -0.25) is 9.59 Å². The molecule has 172 valence electrons. The largest absolute Gasteiger partial charge is 0.493 e. The van der Waals surface area contributed by atoms with Gasteiger partial charge in [0.15, 0.2) is 11.5 Å². The molecule has 2 amide bonds. The molecule has 1 N–H and O–H groups in total. The number of piperidine rings is 1. The first-order chi connectivity index (χ1) is 15.2. The molecular weight excluding hydrogens is 404 g/mol. The number of benzene rings is 2. The molecule has 1 fully saturated rings.